The van der Waals surface area contributed by atoms with E-state index in [0.717, 1.165) is 31.4 Å². The van der Waals surface area contributed by atoms with Crippen molar-refractivity contribution in [2.24, 2.45) is 0 Å². The van der Waals surface area contributed by atoms with Gasteiger partial charge in [-0.3, -0.25) is 0 Å². The molecule has 0 bridgehead atoms. The van der Waals surface area contributed by atoms with Crippen LogP contribution in [0.25, 0.3) is 0 Å². The van der Waals surface area contributed by atoms with Gasteiger partial charge in [0.2, 0.25) is 0 Å². The zero-order valence-electron chi connectivity index (χ0n) is 15.0. The summed E-state index contributed by atoms with van der Waals surface area (Å²) in [5, 5.41) is 5.83. The zero-order valence-corrected chi connectivity index (χ0v) is 15.0. The van der Waals surface area contributed by atoms with Gasteiger partial charge in [0.1, 0.15) is 0 Å². The molecule has 0 aliphatic heterocycles. The molecule has 5 heteroatoms. The van der Waals surface area contributed by atoms with Gasteiger partial charge in [-0.25, -0.2) is 4.79 Å². The number of benzene rings is 1. The summed E-state index contributed by atoms with van der Waals surface area (Å²) in [7, 11) is 3.24. The first-order valence-electron chi connectivity index (χ1n) is 8.18. The number of hydrogen-bond acceptors (Lipinski definition) is 3. The molecular formula is C18H30N2O3. The van der Waals surface area contributed by atoms with Crippen molar-refractivity contribution in [3.8, 4) is 11.5 Å². The van der Waals surface area contributed by atoms with Gasteiger partial charge in [-0.15, -0.1) is 0 Å². The number of amides is 2. The largest absolute Gasteiger partial charge is 0.493 e. The predicted octanol–water partition coefficient (Wildman–Crippen LogP) is 3.47. The van der Waals surface area contributed by atoms with E-state index in [-0.39, 0.29) is 11.4 Å². The van der Waals surface area contributed by atoms with Crippen molar-refractivity contribution in [3.05, 3.63) is 23.8 Å². The van der Waals surface area contributed by atoms with Gasteiger partial charge in [0.15, 0.2) is 11.5 Å². The summed E-state index contributed by atoms with van der Waals surface area (Å²) in [6.07, 6.45) is 3.30. The fourth-order valence-electron chi connectivity index (χ4n) is 2.30. The van der Waals surface area contributed by atoms with Crippen molar-refractivity contribution in [2.75, 3.05) is 27.3 Å². The van der Waals surface area contributed by atoms with E-state index in [1.807, 2.05) is 18.2 Å². The molecule has 2 amide bonds. The molecule has 130 valence electrons. The van der Waals surface area contributed by atoms with Gasteiger partial charge in [-0.2, -0.15) is 0 Å². The lowest BCUT2D eigenvalue weighted by Gasteiger charge is -2.26. The Labute approximate surface area is 139 Å². The van der Waals surface area contributed by atoms with Crippen LogP contribution in [0.5, 0.6) is 11.5 Å². The Morgan fingerprint density at radius 3 is 2.39 bits per heavy atom. The van der Waals surface area contributed by atoms with Crippen LogP contribution in [0.3, 0.4) is 0 Å². The summed E-state index contributed by atoms with van der Waals surface area (Å²) in [6, 6.07) is 5.73. The van der Waals surface area contributed by atoms with Crippen LogP contribution >= 0.6 is 0 Å². The molecule has 0 aromatic heterocycles. The van der Waals surface area contributed by atoms with E-state index in [1.165, 1.54) is 0 Å². The van der Waals surface area contributed by atoms with Gasteiger partial charge in [0, 0.05) is 18.5 Å². The normalized spacial score (nSPS) is 11.0. The number of ether oxygens (including phenoxy) is 2. The van der Waals surface area contributed by atoms with E-state index in [1.54, 1.807) is 14.2 Å². The van der Waals surface area contributed by atoms with Crippen LogP contribution < -0.4 is 20.1 Å². The molecule has 0 saturated carbocycles. The fourth-order valence-corrected chi connectivity index (χ4v) is 2.30. The summed E-state index contributed by atoms with van der Waals surface area (Å²) in [4.78, 5) is 11.8. The second-order valence-electron chi connectivity index (χ2n) is 6.27. The first kappa shape index (κ1) is 19.1. The van der Waals surface area contributed by atoms with Crippen LogP contribution in [0.4, 0.5) is 4.79 Å². The molecule has 0 spiro atoms. The van der Waals surface area contributed by atoms with Crippen molar-refractivity contribution in [3.63, 3.8) is 0 Å². The molecule has 0 atom stereocenters. The molecule has 2 N–H and O–H groups in total. The standard InChI is InChI=1S/C18H30N2O3/c1-6-7-8-11-19-17(21)20-13-18(2,3)14-9-10-15(22-4)16(12-14)23-5/h9-10,12H,6-8,11,13H2,1-5H3,(H2,19,20,21). The van der Waals surface area contributed by atoms with Crippen molar-refractivity contribution in [1.82, 2.24) is 10.6 Å². The molecule has 1 aromatic carbocycles. The molecule has 23 heavy (non-hydrogen) atoms. The molecule has 0 saturated heterocycles. The highest BCUT2D eigenvalue weighted by Crippen LogP contribution is 2.32. The average Bonchev–Trinajstić information content (AvgIpc) is 2.56. The van der Waals surface area contributed by atoms with E-state index in [4.69, 9.17) is 9.47 Å². The van der Waals surface area contributed by atoms with Crippen LogP contribution in [-0.2, 0) is 5.41 Å². The topological polar surface area (TPSA) is 59.6 Å². The minimum absolute atomic E-state index is 0.116. The maximum atomic E-state index is 11.8. The van der Waals surface area contributed by atoms with Gasteiger partial charge >= 0.3 is 6.03 Å². The number of hydrogen-bond donors (Lipinski definition) is 2. The van der Waals surface area contributed by atoms with Crippen molar-refractivity contribution in [1.29, 1.82) is 0 Å². The predicted molar refractivity (Wildman–Crippen MR) is 93.5 cm³/mol. The van der Waals surface area contributed by atoms with Crippen molar-refractivity contribution >= 4 is 6.03 Å². The van der Waals surface area contributed by atoms with Crippen LogP contribution in [0.1, 0.15) is 45.6 Å². The molecule has 0 fully saturated rings. The molecular weight excluding hydrogens is 292 g/mol. The molecule has 1 aromatic rings. The minimum atomic E-state index is -0.208. The molecule has 1 rings (SSSR count). The Morgan fingerprint density at radius 2 is 1.78 bits per heavy atom. The van der Waals surface area contributed by atoms with Gasteiger partial charge in [0.25, 0.3) is 0 Å². The quantitative estimate of drug-likeness (QED) is 0.684. The average molecular weight is 322 g/mol. The minimum Gasteiger partial charge on any atom is -0.493 e. The van der Waals surface area contributed by atoms with Gasteiger partial charge in [0.05, 0.1) is 14.2 Å². The Morgan fingerprint density at radius 1 is 1.09 bits per heavy atom. The van der Waals surface area contributed by atoms with Crippen molar-refractivity contribution < 1.29 is 14.3 Å². The lowest BCUT2D eigenvalue weighted by molar-refractivity contribution is 0.238. The number of carbonyl (C=O) groups is 1. The van der Waals surface area contributed by atoms with E-state index in [2.05, 4.69) is 31.4 Å². The van der Waals surface area contributed by atoms with Gasteiger partial charge < -0.3 is 20.1 Å². The summed E-state index contributed by atoms with van der Waals surface area (Å²) in [5.74, 6) is 1.40. The zero-order chi connectivity index (χ0) is 17.3. The fraction of sp³-hybridized carbons (Fsp3) is 0.611. The Balaban J connectivity index is 2.59. The molecule has 0 radical (unpaired) electrons. The number of methoxy groups -OCH3 is 2. The van der Waals surface area contributed by atoms with E-state index in [0.29, 0.717) is 18.0 Å². The summed E-state index contributed by atoms with van der Waals surface area (Å²) in [6.45, 7) is 7.58. The lowest BCUT2D eigenvalue weighted by Crippen LogP contribution is -2.42. The maximum Gasteiger partial charge on any atom is 0.314 e. The van der Waals surface area contributed by atoms with Crippen LogP contribution in [-0.4, -0.2) is 33.3 Å². The Hall–Kier alpha value is -1.91. The number of urea groups is 1. The summed E-state index contributed by atoms with van der Waals surface area (Å²) >= 11 is 0. The lowest BCUT2D eigenvalue weighted by atomic mass is 9.84. The van der Waals surface area contributed by atoms with E-state index in [9.17, 15) is 4.79 Å². The first-order valence-corrected chi connectivity index (χ1v) is 8.18. The number of unbranched alkanes of at least 4 members (excludes halogenated alkanes) is 2. The summed E-state index contributed by atoms with van der Waals surface area (Å²) < 4.78 is 10.6. The monoisotopic (exact) mass is 322 g/mol. The smallest absolute Gasteiger partial charge is 0.314 e. The highest BCUT2D eigenvalue weighted by atomic mass is 16.5. The number of nitrogens with one attached hydrogen (secondary N) is 2. The number of carbonyl (C=O) groups excluding carboxylic acids is 1. The molecule has 5 nitrogen and oxygen atoms in total. The molecule has 0 aliphatic carbocycles. The number of rotatable bonds is 9. The second kappa shape index (κ2) is 9.28. The van der Waals surface area contributed by atoms with Crippen LogP contribution in [0, 0.1) is 0 Å². The summed E-state index contributed by atoms with van der Waals surface area (Å²) in [5.41, 5.74) is 0.877. The van der Waals surface area contributed by atoms with Crippen LogP contribution in [0.2, 0.25) is 0 Å². The maximum absolute atomic E-state index is 11.8. The first-order chi connectivity index (χ1) is 10.9. The molecule has 0 aliphatic rings. The SMILES string of the molecule is CCCCCNC(=O)NCC(C)(C)c1ccc(OC)c(OC)c1. The Bertz CT molecular complexity index is 501. The third kappa shape index (κ3) is 6.00. The molecule has 0 heterocycles. The van der Waals surface area contributed by atoms with E-state index >= 15 is 0 Å². The van der Waals surface area contributed by atoms with E-state index < -0.39 is 0 Å². The highest BCUT2D eigenvalue weighted by molar-refractivity contribution is 5.73. The van der Waals surface area contributed by atoms with Crippen LogP contribution in [0.15, 0.2) is 18.2 Å². The Kier molecular flexibility index (Phi) is 7.72. The van der Waals surface area contributed by atoms with Gasteiger partial charge in [-0.1, -0.05) is 39.7 Å². The van der Waals surface area contributed by atoms with Crippen molar-refractivity contribution in [2.45, 2.75) is 45.4 Å². The van der Waals surface area contributed by atoms with Gasteiger partial charge in [-0.05, 0) is 24.1 Å². The highest BCUT2D eigenvalue weighted by Gasteiger charge is 2.23. The second-order valence-corrected chi connectivity index (χ2v) is 6.27. The third-order valence-corrected chi connectivity index (χ3v) is 3.92. The molecule has 0 unspecified atom stereocenters. The third-order valence-electron chi connectivity index (χ3n) is 3.92.